The summed E-state index contributed by atoms with van der Waals surface area (Å²) in [5, 5.41) is 12.8. The van der Waals surface area contributed by atoms with Crippen LogP contribution in [0.4, 0.5) is 0 Å². The van der Waals surface area contributed by atoms with Crippen LogP contribution in [0, 0.1) is 0 Å². The zero-order valence-electron chi connectivity index (χ0n) is 12.3. The predicted molar refractivity (Wildman–Crippen MR) is 89.7 cm³/mol. The smallest absolute Gasteiger partial charge is 0.120 e. The highest BCUT2D eigenvalue weighted by Crippen LogP contribution is 2.38. The van der Waals surface area contributed by atoms with E-state index in [-0.39, 0.29) is 0 Å². The van der Waals surface area contributed by atoms with Gasteiger partial charge in [0.25, 0.3) is 0 Å². The van der Waals surface area contributed by atoms with Crippen LogP contribution in [0.25, 0.3) is 21.9 Å². The van der Waals surface area contributed by atoms with Crippen molar-refractivity contribution in [3.05, 3.63) is 66.2 Å². The number of phenolic OH excluding ortho intramolecular Hbond substituents is 1. The fraction of sp³-hybridized carbons (Fsp3) is 0.200. The fourth-order valence-electron chi connectivity index (χ4n) is 2.92. The highest BCUT2D eigenvalue weighted by atomic mass is 16.3. The SMILES string of the molecule is CCCCc1c(O)cc2ccccc2c1-c1ccccc1. The van der Waals surface area contributed by atoms with E-state index in [4.69, 9.17) is 0 Å². The summed E-state index contributed by atoms with van der Waals surface area (Å²) in [5.41, 5.74) is 3.43. The molecule has 0 fully saturated rings. The first-order valence-corrected chi connectivity index (χ1v) is 7.60. The van der Waals surface area contributed by atoms with Gasteiger partial charge in [-0.3, -0.25) is 0 Å². The molecule has 0 heterocycles. The molecule has 1 N–H and O–H groups in total. The average Bonchev–Trinajstić information content (AvgIpc) is 2.53. The van der Waals surface area contributed by atoms with Crippen molar-refractivity contribution in [2.45, 2.75) is 26.2 Å². The summed E-state index contributed by atoms with van der Waals surface area (Å²) in [4.78, 5) is 0. The van der Waals surface area contributed by atoms with Gasteiger partial charge in [-0.2, -0.15) is 0 Å². The van der Waals surface area contributed by atoms with Crippen LogP contribution in [0.1, 0.15) is 25.3 Å². The number of phenols is 1. The van der Waals surface area contributed by atoms with Gasteiger partial charge in [-0.25, -0.2) is 0 Å². The van der Waals surface area contributed by atoms with Gasteiger partial charge >= 0.3 is 0 Å². The quantitative estimate of drug-likeness (QED) is 0.662. The lowest BCUT2D eigenvalue weighted by molar-refractivity contribution is 0.468. The van der Waals surface area contributed by atoms with Crippen molar-refractivity contribution in [3.8, 4) is 16.9 Å². The molecule has 1 nitrogen and oxygen atoms in total. The molecular weight excluding hydrogens is 256 g/mol. The maximum Gasteiger partial charge on any atom is 0.120 e. The number of hydrogen-bond acceptors (Lipinski definition) is 1. The van der Waals surface area contributed by atoms with Gasteiger partial charge in [0.2, 0.25) is 0 Å². The molecule has 0 aliphatic carbocycles. The average molecular weight is 276 g/mol. The van der Waals surface area contributed by atoms with E-state index in [0.717, 1.165) is 30.2 Å². The highest BCUT2D eigenvalue weighted by molar-refractivity contribution is 5.99. The molecule has 0 spiro atoms. The highest BCUT2D eigenvalue weighted by Gasteiger charge is 2.14. The molecule has 0 radical (unpaired) electrons. The second kappa shape index (κ2) is 6.01. The van der Waals surface area contributed by atoms with E-state index < -0.39 is 0 Å². The summed E-state index contributed by atoms with van der Waals surface area (Å²) in [6.07, 6.45) is 3.13. The molecule has 0 saturated heterocycles. The molecule has 3 aromatic rings. The third-order valence-electron chi connectivity index (χ3n) is 3.98. The van der Waals surface area contributed by atoms with E-state index in [2.05, 4.69) is 49.4 Å². The Balaban J connectivity index is 2.31. The second-order valence-corrected chi connectivity index (χ2v) is 5.44. The number of unbranched alkanes of at least 4 members (excludes halogenated alkanes) is 1. The van der Waals surface area contributed by atoms with Crippen LogP contribution >= 0.6 is 0 Å². The minimum Gasteiger partial charge on any atom is -0.508 e. The lowest BCUT2D eigenvalue weighted by Gasteiger charge is -2.15. The molecule has 0 aliphatic rings. The van der Waals surface area contributed by atoms with Gasteiger partial charge in [0.1, 0.15) is 5.75 Å². The maximum atomic E-state index is 10.5. The summed E-state index contributed by atoms with van der Waals surface area (Å²) in [6.45, 7) is 2.18. The predicted octanol–water partition coefficient (Wildman–Crippen LogP) is 5.56. The van der Waals surface area contributed by atoms with Gasteiger partial charge in [0.15, 0.2) is 0 Å². The second-order valence-electron chi connectivity index (χ2n) is 5.44. The van der Waals surface area contributed by atoms with Crippen LogP contribution in [0.15, 0.2) is 60.7 Å². The van der Waals surface area contributed by atoms with Crippen molar-refractivity contribution >= 4 is 10.8 Å². The van der Waals surface area contributed by atoms with Gasteiger partial charge in [0, 0.05) is 5.56 Å². The number of rotatable bonds is 4. The fourth-order valence-corrected chi connectivity index (χ4v) is 2.92. The van der Waals surface area contributed by atoms with E-state index in [1.54, 1.807) is 0 Å². The largest absolute Gasteiger partial charge is 0.508 e. The Morgan fingerprint density at radius 3 is 2.38 bits per heavy atom. The van der Waals surface area contributed by atoms with Crippen LogP contribution in [0.5, 0.6) is 5.75 Å². The lowest BCUT2D eigenvalue weighted by atomic mass is 9.90. The Morgan fingerprint density at radius 1 is 0.905 bits per heavy atom. The first-order chi connectivity index (χ1) is 10.3. The van der Waals surface area contributed by atoms with E-state index >= 15 is 0 Å². The zero-order valence-corrected chi connectivity index (χ0v) is 12.3. The molecule has 0 amide bonds. The van der Waals surface area contributed by atoms with Crippen LogP contribution < -0.4 is 0 Å². The van der Waals surface area contributed by atoms with Gasteiger partial charge in [0.05, 0.1) is 0 Å². The van der Waals surface area contributed by atoms with Crippen molar-refractivity contribution in [3.63, 3.8) is 0 Å². The van der Waals surface area contributed by atoms with Gasteiger partial charge in [-0.05, 0) is 40.8 Å². The maximum absolute atomic E-state index is 10.5. The lowest BCUT2D eigenvalue weighted by Crippen LogP contribution is -1.93. The Bertz CT molecular complexity index is 744. The molecule has 0 aliphatic heterocycles. The Morgan fingerprint density at radius 2 is 1.62 bits per heavy atom. The molecule has 0 saturated carbocycles. The molecule has 0 aromatic heterocycles. The van der Waals surface area contributed by atoms with E-state index in [1.807, 2.05) is 18.2 Å². The van der Waals surface area contributed by atoms with Crippen molar-refractivity contribution in [1.29, 1.82) is 0 Å². The molecule has 3 aromatic carbocycles. The molecule has 21 heavy (non-hydrogen) atoms. The topological polar surface area (TPSA) is 20.2 Å². The minimum absolute atomic E-state index is 0.418. The third-order valence-corrected chi connectivity index (χ3v) is 3.98. The summed E-state index contributed by atoms with van der Waals surface area (Å²) in [6, 6.07) is 20.6. The monoisotopic (exact) mass is 276 g/mol. The normalized spacial score (nSPS) is 10.9. The van der Waals surface area contributed by atoms with Crippen molar-refractivity contribution in [2.24, 2.45) is 0 Å². The first-order valence-electron chi connectivity index (χ1n) is 7.60. The van der Waals surface area contributed by atoms with Crippen LogP contribution in [-0.2, 0) is 6.42 Å². The van der Waals surface area contributed by atoms with Crippen molar-refractivity contribution < 1.29 is 5.11 Å². The first kappa shape index (κ1) is 13.7. The van der Waals surface area contributed by atoms with Gasteiger partial charge < -0.3 is 5.11 Å². The molecular formula is C20H20O. The van der Waals surface area contributed by atoms with Crippen LogP contribution in [0.3, 0.4) is 0 Å². The van der Waals surface area contributed by atoms with E-state index in [9.17, 15) is 5.11 Å². The Kier molecular flexibility index (Phi) is 3.92. The van der Waals surface area contributed by atoms with Crippen LogP contribution in [-0.4, -0.2) is 5.11 Å². The number of aromatic hydroxyl groups is 1. The number of fused-ring (bicyclic) bond motifs is 1. The number of hydrogen-bond donors (Lipinski definition) is 1. The van der Waals surface area contributed by atoms with E-state index in [1.165, 1.54) is 16.5 Å². The van der Waals surface area contributed by atoms with E-state index in [0.29, 0.717) is 5.75 Å². The molecule has 0 bridgehead atoms. The van der Waals surface area contributed by atoms with Crippen molar-refractivity contribution in [1.82, 2.24) is 0 Å². The Labute approximate surface area is 125 Å². The molecule has 0 atom stereocenters. The summed E-state index contributed by atoms with van der Waals surface area (Å²) >= 11 is 0. The molecule has 0 unspecified atom stereocenters. The Hall–Kier alpha value is -2.28. The third kappa shape index (κ3) is 2.64. The van der Waals surface area contributed by atoms with Crippen molar-refractivity contribution in [2.75, 3.05) is 0 Å². The molecule has 1 heteroatoms. The van der Waals surface area contributed by atoms with Gasteiger partial charge in [-0.1, -0.05) is 67.9 Å². The zero-order chi connectivity index (χ0) is 14.7. The molecule has 106 valence electrons. The standard InChI is InChI=1S/C20H20O/c1-2-3-12-18-19(21)14-16-11-7-8-13-17(16)20(18)15-9-5-4-6-10-15/h4-11,13-14,21H,2-3,12H2,1H3. The minimum atomic E-state index is 0.418. The molecule has 3 rings (SSSR count). The summed E-state index contributed by atoms with van der Waals surface area (Å²) < 4.78 is 0. The summed E-state index contributed by atoms with van der Waals surface area (Å²) in [7, 11) is 0. The number of benzene rings is 3. The summed E-state index contributed by atoms with van der Waals surface area (Å²) in [5.74, 6) is 0.418. The van der Waals surface area contributed by atoms with Crippen LogP contribution in [0.2, 0.25) is 0 Å². The van der Waals surface area contributed by atoms with Gasteiger partial charge in [-0.15, -0.1) is 0 Å².